The highest BCUT2D eigenvalue weighted by atomic mass is 32.2. The van der Waals surface area contributed by atoms with Gasteiger partial charge in [0.25, 0.3) is 11.5 Å². The van der Waals surface area contributed by atoms with Crippen LogP contribution in [0.2, 0.25) is 0 Å². The van der Waals surface area contributed by atoms with Gasteiger partial charge in [0.2, 0.25) is 5.95 Å². The second kappa shape index (κ2) is 6.96. The van der Waals surface area contributed by atoms with Crippen LogP contribution in [0.5, 0.6) is 0 Å². The van der Waals surface area contributed by atoms with E-state index in [0.29, 0.717) is 10.9 Å². The molecule has 0 amide bonds. The Balaban J connectivity index is 2.10. The van der Waals surface area contributed by atoms with E-state index in [1.807, 2.05) is 40.7 Å². The minimum absolute atomic E-state index is 0.220. The van der Waals surface area contributed by atoms with Crippen LogP contribution in [0.25, 0.3) is 10.9 Å². The first-order chi connectivity index (χ1) is 12.8. The summed E-state index contributed by atoms with van der Waals surface area (Å²) < 4.78 is 43.1. The van der Waals surface area contributed by atoms with Gasteiger partial charge in [-0.1, -0.05) is 6.07 Å². The molecule has 0 saturated carbocycles. The number of aryl methyl sites for hydroxylation is 1. The molecule has 1 aliphatic heterocycles. The monoisotopic (exact) mass is 412 g/mol. The predicted molar refractivity (Wildman–Crippen MR) is 108 cm³/mol. The third-order valence-corrected chi connectivity index (χ3v) is 6.44. The van der Waals surface area contributed by atoms with Gasteiger partial charge in [-0.05, 0) is 46.2 Å². The zero-order valence-corrected chi connectivity index (χ0v) is 17.8. The van der Waals surface area contributed by atoms with Crippen LogP contribution in [0.4, 0.5) is 14.7 Å². The Morgan fingerprint density at radius 2 is 1.93 bits per heavy atom. The molecule has 154 valence electrons. The quantitative estimate of drug-likeness (QED) is 0.782. The summed E-state index contributed by atoms with van der Waals surface area (Å²) in [5.74, 6) is -2.54. The summed E-state index contributed by atoms with van der Waals surface area (Å²) in [6, 6.07) is 3.30. The van der Waals surface area contributed by atoms with Gasteiger partial charge in [0, 0.05) is 24.0 Å². The SMILES string of the molecule is Cc1cc(C(C)N[S+]([O-])C(C)(C)C)c2nc(N3CC(F)(F)C3)n(C)c(=O)c2c1. The van der Waals surface area contributed by atoms with E-state index in [9.17, 15) is 18.1 Å². The Kier molecular flexibility index (Phi) is 5.23. The minimum atomic E-state index is -2.76. The van der Waals surface area contributed by atoms with Gasteiger partial charge >= 0.3 is 0 Å². The maximum atomic E-state index is 13.3. The molecule has 1 aromatic carbocycles. The van der Waals surface area contributed by atoms with Crippen LogP contribution in [0, 0.1) is 6.92 Å². The number of anilines is 1. The maximum Gasteiger partial charge on any atom is 0.282 e. The third kappa shape index (κ3) is 3.88. The molecule has 1 aromatic heterocycles. The molecule has 1 saturated heterocycles. The van der Waals surface area contributed by atoms with E-state index in [2.05, 4.69) is 9.71 Å². The molecule has 2 atom stereocenters. The Morgan fingerprint density at radius 3 is 2.46 bits per heavy atom. The van der Waals surface area contributed by atoms with Crippen molar-refractivity contribution in [3.63, 3.8) is 0 Å². The molecule has 2 heterocycles. The summed E-state index contributed by atoms with van der Waals surface area (Å²) in [6.07, 6.45) is 0. The van der Waals surface area contributed by atoms with Crippen LogP contribution in [-0.2, 0) is 18.4 Å². The van der Waals surface area contributed by atoms with Gasteiger partial charge in [0.15, 0.2) is 0 Å². The molecule has 2 aromatic rings. The number of rotatable bonds is 4. The number of alkyl halides is 2. The van der Waals surface area contributed by atoms with Gasteiger partial charge < -0.3 is 9.45 Å². The number of halogens is 2. The molecule has 1 aliphatic rings. The molecular formula is C19H26F2N4O2S. The van der Waals surface area contributed by atoms with Crippen molar-refractivity contribution >= 4 is 28.2 Å². The highest BCUT2D eigenvalue weighted by molar-refractivity contribution is 7.90. The summed E-state index contributed by atoms with van der Waals surface area (Å²) in [4.78, 5) is 18.9. The van der Waals surface area contributed by atoms with Crippen molar-refractivity contribution < 1.29 is 13.3 Å². The van der Waals surface area contributed by atoms with Gasteiger partial charge in [0.05, 0.1) is 30.0 Å². The lowest BCUT2D eigenvalue weighted by Gasteiger charge is -2.40. The van der Waals surface area contributed by atoms with E-state index in [0.717, 1.165) is 11.1 Å². The van der Waals surface area contributed by atoms with Crippen molar-refractivity contribution in [2.24, 2.45) is 7.05 Å². The largest absolute Gasteiger partial charge is 0.598 e. The fraction of sp³-hybridized carbons (Fsp3) is 0.579. The van der Waals surface area contributed by atoms with E-state index in [-0.39, 0.29) is 17.5 Å². The Bertz CT molecular complexity index is 963. The van der Waals surface area contributed by atoms with Crippen molar-refractivity contribution in [1.29, 1.82) is 0 Å². The highest BCUT2D eigenvalue weighted by Crippen LogP contribution is 2.32. The Labute approximate surface area is 166 Å². The smallest absolute Gasteiger partial charge is 0.282 e. The number of nitrogens with zero attached hydrogens (tertiary/aromatic N) is 3. The molecule has 28 heavy (non-hydrogen) atoms. The van der Waals surface area contributed by atoms with Crippen molar-refractivity contribution in [2.75, 3.05) is 18.0 Å². The number of benzene rings is 1. The molecule has 2 unspecified atom stereocenters. The van der Waals surface area contributed by atoms with Crippen molar-refractivity contribution in [3.8, 4) is 0 Å². The van der Waals surface area contributed by atoms with Crippen molar-refractivity contribution in [2.45, 2.75) is 51.3 Å². The van der Waals surface area contributed by atoms with E-state index in [4.69, 9.17) is 0 Å². The second-order valence-corrected chi connectivity index (χ2v) is 10.5. The number of hydrogen-bond donors (Lipinski definition) is 1. The van der Waals surface area contributed by atoms with E-state index < -0.39 is 35.1 Å². The Hall–Kier alpha value is -1.71. The minimum Gasteiger partial charge on any atom is -0.598 e. The van der Waals surface area contributed by atoms with Crippen LogP contribution in [-0.4, -0.2) is 37.9 Å². The average Bonchev–Trinajstić information content (AvgIpc) is 2.54. The number of aromatic nitrogens is 2. The lowest BCUT2D eigenvalue weighted by atomic mass is 10.0. The summed E-state index contributed by atoms with van der Waals surface area (Å²) in [7, 11) is 1.54. The zero-order valence-electron chi connectivity index (χ0n) is 17.0. The summed E-state index contributed by atoms with van der Waals surface area (Å²) in [5.41, 5.74) is 1.76. The summed E-state index contributed by atoms with van der Waals surface area (Å²) in [5, 5.41) is 0.420. The molecule has 3 rings (SSSR count). The number of fused-ring (bicyclic) bond motifs is 1. The van der Waals surface area contributed by atoms with Crippen molar-refractivity contribution in [3.05, 3.63) is 33.6 Å². The van der Waals surface area contributed by atoms with E-state index >= 15 is 0 Å². The van der Waals surface area contributed by atoms with Crippen LogP contribution < -0.4 is 15.2 Å². The average molecular weight is 413 g/mol. The maximum absolute atomic E-state index is 13.3. The van der Waals surface area contributed by atoms with Crippen LogP contribution in [0.15, 0.2) is 16.9 Å². The molecule has 0 aliphatic carbocycles. The van der Waals surface area contributed by atoms with Gasteiger partial charge in [0.1, 0.15) is 4.75 Å². The van der Waals surface area contributed by atoms with Crippen LogP contribution in [0.1, 0.15) is 44.9 Å². The van der Waals surface area contributed by atoms with Crippen LogP contribution in [0.3, 0.4) is 0 Å². The predicted octanol–water partition coefficient (Wildman–Crippen LogP) is 2.81. The summed E-state index contributed by atoms with van der Waals surface area (Å²) >= 11 is -1.31. The van der Waals surface area contributed by atoms with E-state index in [1.54, 1.807) is 13.1 Å². The first kappa shape index (κ1) is 21.0. The fourth-order valence-electron chi connectivity index (χ4n) is 3.21. The van der Waals surface area contributed by atoms with Gasteiger partial charge in [-0.25, -0.2) is 13.8 Å². The molecule has 1 fully saturated rings. The van der Waals surface area contributed by atoms with Gasteiger partial charge in [-0.3, -0.25) is 9.36 Å². The zero-order chi connectivity index (χ0) is 21.0. The van der Waals surface area contributed by atoms with Gasteiger partial charge in [-0.15, -0.1) is 4.72 Å². The molecule has 0 radical (unpaired) electrons. The molecule has 0 spiro atoms. The fourth-order valence-corrected chi connectivity index (χ4v) is 4.01. The molecule has 0 bridgehead atoms. The normalized spacial score (nSPS) is 18.8. The topological polar surface area (TPSA) is 73.2 Å². The Morgan fingerprint density at radius 1 is 1.32 bits per heavy atom. The molecule has 6 nitrogen and oxygen atoms in total. The van der Waals surface area contributed by atoms with Crippen molar-refractivity contribution in [1.82, 2.24) is 14.3 Å². The van der Waals surface area contributed by atoms with Gasteiger partial charge in [-0.2, -0.15) is 0 Å². The summed E-state index contributed by atoms with van der Waals surface area (Å²) in [6.45, 7) is 8.42. The van der Waals surface area contributed by atoms with E-state index in [1.165, 1.54) is 9.47 Å². The highest BCUT2D eigenvalue weighted by Gasteiger charge is 2.45. The van der Waals surface area contributed by atoms with Crippen LogP contribution >= 0.6 is 0 Å². The first-order valence-corrected chi connectivity index (χ1v) is 10.3. The lowest BCUT2D eigenvalue weighted by Crippen LogP contribution is -2.58. The first-order valence-electron chi connectivity index (χ1n) is 9.12. The second-order valence-electron chi connectivity index (χ2n) is 8.46. The molecule has 1 N–H and O–H groups in total. The molecular weight excluding hydrogens is 386 g/mol. The standard InChI is InChI=1S/C19H26F2N4O2S/c1-11-7-13(12(2)23-28(27)18(3,4)5)15-14(8-11)16(26)24(6)17(22-15)25-9-19(20,21)10-25/h7-8,12,23H,9-10H2,1-6H3. The third-order valence-electron chi connectivity index (χ3n) is 4.76. The lowest BCUT2D eigenvalue weighted by molar-refractivity contribution is -0.0275. The molecule has 9 heteroatoms. The number of nitrogens with one attached hydrogen (secondary N) is 1. The number of hydrogen-bond acceptors (Lipinski definition) is 5.